The molecule has 0 fully saturated rings. The van der Waals surface area contributed by atoms with Gasteiger partial charge in [-0.3, -0.25) is 4.79 Å². The van der Waals surface area contributed by atoms with Crippen molar-refractivity contribution in [1.29, 1.82) is 0 Å². The molecule has 0 aliphatic heterocycles. The number of alkyl halides is 1. The molecule has 0 radical (unpaired) electrons. The van der Waals surface area contributed by atoms with Crippen LogP contribution in [0.1, 0.15) is 15.9 Å². The van der Waals surface area contributed by atoms with Gasteiger partial charge in [-0.2, -0.15) is 0 Å². The van der Waals surface area contributed by atoms with Crippen LogP contribution in [0.25, 0.3) is 0 Å². The van der Waals surface area contributed by atoms with E-state index in [0.717, 1.165) is 5.56 Å². The maximum absolute atomic E-state index is 12.0. The largest absolute Gasteiger partial charge is 0.322 e. The van der Waals surface area contributed by atoms with Crippen LogP contribution in [0.4, 0.5) is 5.69 Å². The summed E-state index contributed by atoms with van der Waals surface area (Å²) in [4.78, 5) is 12.0. The summed E-state index contributed by atoms with van der Waals surface area (Å²) in [5.74, 6) is 0.152. The number of anilines is 1. The van der Waals surface area contributed by atoms with Crippen molar-refractivity contribution in [2.75, 3.05) is 5.32 Å². The van der Waals surface area contributed by atoms with Crippen LogP contribution >= 0.6 is 34.8 Å². The summed E-state index contributed by atoms with van der Waals surface area (Å²) in [5, 5.41) is 3.60. The van der Waals surface area contributed by atoms with Crippen LogP contribution in [0.15, 0.2) is 42.5 Å². The van der Waals surface area contributed by atoms with Gasteiger partial charge in [-0.15, -0.1) is 11.6 Å². The minimum atomic E-state index is -0.217. The Balaban J connectivity index is 2.18. The van der Waals surface area contributed by atoms with Crippen LogP contribution in [0, 0.1) is 0 Å². The average molecular weight is 315 g/mol. The van der Waals surface area contributed by atoms with Gasteiger partial charge in [0.05, 0.1) is 10.0 Å². The highest BCUT2D eigenvalue weighted by atomic mass is 35.5. The summed E-state index contributed by atoms with van der Waals surface area (Å²) in [6.07, 6.45) is 0. The zero-order valence-corrected chi connectivity index (χ0v) is 12.1. The summed E-state index contributed by atoms with van der Waals surface area (Å²) in [6, 6.07) is 12.1. The standard InChI is InChI=1S/C14H10Cl3NO/c15-8-9-2-1-3-10(6-9)14(19)18-11-4-5-12(16)13(17)7-11/h1-7H,8H2,(H,18,19). The SMILES string of the molecule is O=C(Nc1ccc(Cl)c(Cl)c1)c1cccc(CCl)c1. The molecule has 0 spiro atoms. The van der Waals surface area contributed by atoms with Gasteiger partial charge in [-0.05, 0) is 35.9 Å². The molecular weight excluding hydrogens is 305 g/mol. The van der Waals surface area contributed by atoms with E-state index in [9.17, 15) is 4.79 Å². The zero-order valence-electron chi connectivity index (χ0n) is 9.79. The molecule has 0 bridgehead atoms. The maximum atomic E-state index is 12.0. The smallest absolute Gasteiger partial charge is 0.255 e. The highest BCUT2D eigenvalue weighted by Crippen LogP contribution is 2.25. The first-order chi connectivity index (χ1) is 9.10. The Labute approximate surface area is 126 Å². The zero-order chi connectivity index (χ0) is 13.8. The van der Waals surface area contributed by atoms with E-state index in [1.165, 1.54) is 0 Å². The highest BCUT2D eigenvalue weighted by molar-refractivity contribution is 6.42. The first-order valence-electron chi connectivity index (χ1n) is 5.51. The fraction of sp³-hybridized carbons (Fsp3) is 0.0714. The summed E-state index contributed by atoms with van der Waals surface area (Å²) in [6.45, 7) is 0. The number of nitrogens with one attached hydrogen (secondary N) is 1. The molecule has 2 nitrogen and oxygen atoms in total. The maximum Gasteiger partial charge on any atom is 0.255 e. The van der Waals surface area contributed by atoms with Crippen LogP contribution in [0.5, 0.6) is 0 Å². The predicted molar refractivity (Wildman–Crippen MR) is 80.4 cm³/mol. The fourth-order valence-corrected chi connectivity index (χ4v) is 2.04. The molecule has 1 N–H and O–H groups in total. The molecule has 0 aromatic heterocycles. The number of rotatable bonds is 3. The third kappa shape index (κ3) is 3.63. The van der Waals surface area contributed by atoms with Crippen LogP contribution < -0.4 is 5.32 Å². The van der Waals surface area contributed by atoms with E-state index >= 15 is 0 Å². The molecule has 0 aliphatic rings. The molecule has 0 atom stereocenters. The van der Waals surface area contributed by atoms with Gasteiger partial charge < -0.3 is 5.32 Å². The van der Waals surface area contributed by atoms with Gasteiger partial charge in [0, 0.05) is 17.1 Å². The number of amides is 1. The summed E-state index contributed by atoms with van der Waals surface area (Å²) >= 11 is 17.4. The van der Waals surface area contributed by atoms with Crippen molar-refractivity contribution in [3.8, 4) is 0 Å². The van der Waals surface area contributed by atoms with E-state index in [-0.39, 0.29) is 5.91 Å². The minimum Gasteiger partial charge on any atom is -0.322 e. The average Bonchev–Trinajstić information content (AvgIpc) is 2.43. The molecule has 1 amide bonds. The van der Waals surface area contributed by atoms with Gasteiger partial charge in [0.2, 0.25) is 0 Å². The normalized spacial score (nSPS) is 10.3. The van der Waals surface area contributed by atoms with E-state index < -0.39 is 0 Å². The molecule has 2 aromatic carbocycles. The first kappa shape index (κ1) is 14.2. The number of carbonyl (C=O) groups is 1. The molecule has 5 heteroatoms. The third-order valence-corrected chi connectivity index (χ3v) is 3.57. The van der Waals surface area contributed by atoms with E-state index in [1.54, 1.807) is 36.4 Å². The third-order valence-electron chi connectivity index (χ3n) is 2.52. The monoisotopic (exact) mass is 313 g/mol. The van der Waals surface area contributed by atoms with Gasteiger partial charge in [0.15, 0.2) is 0 Å². The van der Waals surface area contributed by atoms with Crippen molar-refractivity contribution < 1.29 is 4.79 Å². The van der Waals surface area contributed by atoms with E-state index in [0.29, 0.717) is 27.2 Å². The summed E-state index contributed by atoms with van der Waals surface area (Å²) in [7, 11) is 0. The minimum absolute atomic E-state index is 0.217. The number of carbonyl (C=O) groups excluding carboxylic acids is 1. The Morgan fingerprint density at radius 1 is 1.05 bits per heavy atom. The van der Waals surface area contributed by atoms with Crippen molar-refractivity contribution >= 4 is 46.4 Å². The lowest BCUT2D eigenvalue weighted by molar-refractivity contribution is 0.102. The molecule has 0 unspecified atom stereocenters. The van der Waals surface area contributed by atoms with Crippen molar-refractivity contribution in [3.05, 3.63) is 63.6 Å². The molecule has 19 heavy (non-hydrogen) atoms. The Kier molecular flexibility index (Phi) is 4.70. The van der Waals surface area contributed by atoms with Crippen molar-refractivity contribution in [1.82, 2.24) is 0 Å². The van der Waals surface area contributed by atoms with Gasteiger partial charge >= 0.3 is 0 Å². The lowest BCUT2D eigenvalue weighted by atomic mass is 10.1. The van der Waals surface area contributed by atoms with E-state index in [1.807, 2.05) is 6.07 Å². The van der Waals surface area contributed by atoms with Crippen molar-refractivity contribution in [2.45, 2.75) is 5.88 Å². The Morgan fingerprint density at radius 3 is 2.53 bits per heavy atom. The molecule has 2 rings (SSSR count). The number of hydrogen-bond acceptors (Lipinski definition) is 1. The van der Waals surface area contributed by atoms with Crippen LogP contribution in [0.2, 0.25) is 10.0 Å². The first-order valence-corrected chi connectivity index (χ1v) is 6.80. The Hall–Kier alpha value is -1.22. The molecule has 0 saturated heterocycles. The van der Waals surface area contributed by atoms with Crippen LogP contribution in [-0.4, -0.2) is 5.91 Å². The van der Waals surface area contributed by atoms with Gasteiger partial charge in [-0.1, -0.05) is 35.3 Å². The second-order valence-electron chi connectivity index (χ2n) is 3.92. The van der Waals surface area contributed by atoms with E-state index in [4.69, 9.17) is 34.8 Å². The van der Waals surface area contributed by atoms with Crippen molar-refractivity contribution in [2.24, 2.45) is 0 Å². The molecule has 2 aromatic rings. The molecule has 0 heterocycles. The number of halogens is 3. The quantitative estimate of drug-likeness (QED) is 0.795. The molecular formula is C14H10Cl3NO. The van der Waals surface area contributed by atoms with E-state index in [2.05, 4.69) is 5.32 Å². The lowest BCUT2D eigenvalue weighted by Crippen LogP contribution is -2.12. The second kappa shape index (κ2) is 6.29. The second-order valence-corrected chi connectivity index (χ2v) is 5.00. The molecule has 98 valence electrons. The summed E-state index contributed by atoms with van der Waals surface area (Å²) in [5.41, 5.74) is 2.03. The van der Waals surface area contributed by atoms with Gasteiger partial charge in [0.1, 0.15) is 0 Å². The fourth-order valence-electron chi connectivity index (χ4n) is 1.57. The van der Waals surface area contributed by atoms with Gasteiger partial charge in [-0.25, -0.2) is 0 Å². The highest BCUT2D eigenvalue weighted by Gasteiger charge is 2.07. The molecule has 0 saturated carbocycles. The predicted octanol–water partition coefficient (Wildman–Crippen LogP) is 4.98. The number of hydrogen-bond donors (Lipinski definition) is 1. The van der Waals surface area contributed by atoms with Crippen LogP contribution in [0.3, 0.4) is 0 Å². The van der Waals surface area contributed by atoms with Gasteiger partial charge in [0.25, 0.3) is 5.91 Å². The van der Waals surface area contributed by atoms with Crippen LogP contribution in [-0.2, 0) is 5.88 Å². The topological polar surface area (TPSA) is 29.1 Å². The molecule has 0 aliphatic carbocycles. The Morgan fingerprint density at radius 2 is 1.84 bits per heavy atom. The Bertz CT molecular complexity index is 613. The van der Waals surface area contributed by atoms with Crippen molar-refractivity contribution in [3.63, 3.8) is 0 Å². The summed E-state index contributed by atoms with van der Waals surface area (Å²) < 4.78 is 0. The number of benzene rings is 2. The lowest BCUT2D eigenvalue weighted by Gasteiger charge is -2.07.